The van der Waals surface area contributed by atoms with E-state index in [1.54, 1.807) is 6.20 Å². The Bertz CT molecular complexity index is 674. The number of aromatic amines is 1. The van der Waals surface area contributed by atoms with Gasteiger partial charge in [-0.2, -0.15) is 5.10 Å². The summed E-state index contributed by atoms with van der Waals surface area (Å²) in [4.78, 5) is 8.44. The quantitative estimate of drug-likeness (QED) is 0.735. The maximum absolute atomic E-state index is 4.36. The zero-order chi connectivity index (χ0) is 12.4. The summed E-state index contributed by atoms with van der Waals surface area (Å²) in [6, 6.07) is 7.96. The Balaban J connectivity index is 1.83. The molecule has 0 saturated carbocycles. The van der Waals surface area contributed by atoms with Crippen molar-refractivity contribution in [2.75, 3.05) is 5.32 Å². The summed E-state index contributed by atoms with van der Waals surface area (Å²) in [5.74, 6) is 0.786. The molecule has 3 aromatic rings. The monoisotopic (exact) mass is 239 g/mol. The third-order valence-corrected chi connectivity index (χ3v) is 2.77. The molecule has 0 radical (unpaired) electrons. The van der Waals surface area contributed by atoms with Gasteiger partial charge in [0.1, 0.15) is 5.82 Å². The highest BCUT2D eigenvalue weighted by Gasteiger charge is 2.02. The first kappa shape index (κ1) is 10.7. The van der Waals surface area contributed by atoms with E-state index in [2.05, 4.69) is 25.5 Å². The molecule has 0 bridgehead atoms. The first-order valence-corrected chi connectivity index (χ1v) is 5.77. The van der Waals surface area contributed by atoms with Gasteiger partial charge in [0.05, 0.1) is 29.6 Å². The Labute approximate surface area is 104 Å². The lowest BCUT2D eigenvalue weighted by Gasteiger charge is -2.07. The van der Waals surface area contributed by atoms with Crippen LogP contribution in [0.25, 0.3) is 10.9 Å². The van der Waals surface area contributed by atoms with Gasteiger partial charge in [0.25, 0.3) is 0 Å². The van der Waals surface area contributed by atoms with E-state index in [0.29, 0.717) is 6.54 Å². The van der Waals surface area contributed by atoms with Gasteiger partial charge >= 0.3 is 0 Å². The molecule has 0 aliphatic rings. The molecule has 0 fully saturated rings. The minimum Gasteiger partial charge on any atom is -0.378 e. The first-order chi connectivity index (χ1) is 8.83. The molecular weight excluding hydrogens is 226 g/mol. The second kappa shape index (κ2) is 4.44. The van der Waals surface area contributed by atoms with E-state index >= 15 is 0 Å². The molecule has 1 aromatic carbocycles. The Hall–Kier alpha value is -2.43. The highest BCUT2D eigenvalue weighted by Crippen LogP contribution is 2.20. The molecule has 0 atom stereocenters. The van der Waals surface area contributed by atoms with Crippen LogP contribution in [0.2, 0.25) is 0 Å². The molecule has 3 rings (SSSR count). The molecule has 5 heteroatoms. The third kappa shape index (κ3) is 2.02. The van der Waals surface area contributed by atoms with Crippen molar-refractivity contribution in [2.45, 2.75) is 13.5 Å². The third-order valence-electron chi connectivity index (χ3n) is 2.77. The number of anilines is 1. The normalized spacial score (nSPS) is 10.7. The van der Waals surface area contributed by atoms with Crippen LogP contribution in [0.1, 0.15) is 11.5 Å². The summed E-state index contributed by atoms with van der Waals surface area (Å²) in [6.07, 6.45) is 3.59. The lowest BCUT2D eigenvalue weighted by atomic mass is 10.2. The first-order valence-electron chi connectivity index (χ1n) is 5.77. The average molecular weight is 239 g/mol. The fourth-order valence-corrected chi connectivity index (χ4v) is 1.91. The van der Waals surface area contributed by atoms with Gasteiger partial charge in [-0.15, -0.1) is 0 Å². The molecule has 2 heterocycles. The van der Waals surface area contributed by atoms with E-state index in [9.17, 15) is 0 Å². The van der Waals surface area contributed by atoms with E-state index in [1.165, 1.54) is 0 Å². The summed E-state index contributed by atoms with van der Waals surface area (Å²) in [7, 11) is 0. The summed E-state index contributed by atoms with van der Waals surface area (Å²) in [6.45, 7) is 2.56. The highest BCUT2D eigenvalue weighted by atomic mass is 15.1. The van der Waals surface area contributed by atoms with Crippen LogP contribution >= 0.6 is 0 Å². The van der Waals surface area contributed by atoms with Crippen molar-refractivity contribution in [3.63, 3.8) is 0 Å². The Kier molecular flexibility index (Phi) is 2.64. The number of hydrogen-bond donors (Lipinski definition) is 2. The topological polar surface area (TPSA) is 66.5 Å². The standard InChI is InChI=1S/C13H13N5/c1-9-14-6-5-11(17-9)8-15-12-4-2-3-10-7-16-18-13(10)12/h2-7,15H,8H2,1H3,(H,16,18). The molecule has 0 unspecified atom stereocenters. The van der Waals surface area contributed by atoms with Crippen molar-refractivity contribution < 1.29 is 0 Å². The Morgan fingerprint density at radius 3 is 3.11 bits per heavy atom. The van der Waals surface area contributed by atoms with Crippen LogP contribution in [0.5, 0.6) is 0 Å². The minimum absolute atomic E-state index is 0.668. The van der Waals surface area contributed by atoms with Crippen LogP contribution in [0.15, 0.2) is 36.7 Å². The van der Waals surface area contributed by atoms with E-state index in [4.69, 9.17) is 0 Å². The Morgan fingerprint density at radius 2 is 2.22 bits per heavy atom. The lowest BCUT2D eigenvalue weighted by molar-refractivity contribution is 0.955. The van der Waals surface area contributed by atoms with E-state index in [0.717, 1.165) is 28.1 Å². The van der Waals surface area contributed by atoms with Gasteiger partial charge in [-0.3, -0.25) is 5.10 Å². The molecule has 0 spiro atoms. The van der Waals surface area contributed by atoms with Crippen LogP contribution in [0.4, 0.5) is 5.69 Å². The molecule has 0 aliphatic heterocycles. The maximum Gasteiger partial charge on any atom is 0.125 e. The van der Waals surface area contributed by atoms with Gasteiger partial charge in [-0.25, -0.2) is 9.97 Å². The molecule has 5 nitrogen and oxygen atoms in total. The van der Waals surface area contributed by atoms with Gasteiger partial charge < -0.3 is 5.32 Å². The zero-order valence-corrected chi connectivity index (χ0v) is 10.0. The van der Waals surface area contributed by atoms with Crippen LogP contribution in [0.3, 0.4) is 0 Å². The average Bonchev–Trinajstić information content (AvgIpc) is 2.85. The van der Waals surface area contributed by atoms with Crippen molar-refractivity contribution in [2.24, 2.45) is 0 Å². The molecular formula is C13H13N5. The van der Waals surface area contributed by atoms with E-state index in [1.807, 2.05) is 37.4 Å². The predicted octanol–water partition coefficient (Wildman–Crippen LogP) is 2.27. The fraction of sp³-hybridized carbons (Fsp3) is 0.154. The zero-order valence-electron chi connectivity index (χ0n) is 10.0. The number of para-hydroxylation sites is 1. The molecule has 90 valence electrons. The maximum atomic E-state index is 4.36. The van der Waals surface area contributed by atoms with E-state index in [-0.39, 0.29) is 0 Å². The van der Waals surface area contributed by atoms with Crippen molar-refractivity contribution in [3.8, 4) is 0 Å². The molecule has 0 saturated heterocycles. The number of nitrogens with zero attached hydrogens (tertiary/aromatic N) is 3. The predicted molar refractivity (Wildman–Crippen MR) is 70.2 cm³/mol. The molecule has 2 N–H and O–H groups in total. The summed E-state index contributed by atoms with van der Waals surface area (Å²) in [5.41, 5.74) is 3.02. The largest absolute Gasteiger partial charge is 0.378 e. The second-order valence-corrected chi connectivity index (χ2v) is 4.09. The number of nitrogens with one attached hydrogen (secondary N) is 2. The minimum atomic E-state index is 0.668. The van der Waals surface area contributed by atoms with Crippen LogP contribution in [-0.4, -0.2) is 20.2 Å². The second-order valence-electron chi connectivity index (χ2n) is 4.09. The smallest absolute Gasteiger partial charge is 0.125 e. The Morgan fingerprint density at radius 1 is 1.28 bits per heavy atom. The fourth-order valence-electron chi connectivity index (χ4n) is 1.91. The van der Waals surface area contributed by atoms with Crippen molar-refractivity contribution >= 4 is 16.6 Å². The number of hydrogen-bond acceptors (Lipinski definition) is 4. The molecule has 18 heavy (non-hydrogen) atoms. The van der Waals surface area contributed by atoms with Crippen molar-refractivity contribution in [3.05, 3.63) is 48.2 Å². The van der Waals surface area contributed by atoms with Crippen LogP contribution in [-0.2, 0) is 6.54 Å². The van der Waals surface area contributed by atoms with Gasteiger partial charge in [0, 0.05) is 11.6 Å². The number of aromatic nitrogens is 4. The number of aryl methyl sites for hydroxylation is 1. The van der Waals surface area contributed by atoms with Gasteiger partial charge in [0.2, 0.25) is 0 Å². The number of fused-ring (bicyclic) bond motifs is 1. The molecule has 2 aromatic heterocycles. The van der Waals surface area contributed by atoms with Gasteiger partial charge in [-0.1, -0.05) is 12.1 Å². The summed E-state index contributed by atoms with van der Waals surface area (Å²) >= 11 is 0. The molecule has 0 aliphatic carbocycles. The summed E-state index contributed by atoms with van der Waals surface area (Å²) in [5, 5.41) is 11.5. The number of rotatable bonds is 3. The number of H-pyrrole nitrogens is 1. The van der Waals surface area contributed by atoms with Gasteiger partial charge in [-0.05, 0) is 19.1 Å². The van der Waals surface area contributed by atoms with Crippen LogP contribution < -0.4 is 5.32 Å². The van der Waals surface area contributed by atoms with E-state index < -0.39 is 0 Å². The van der Waals surface area contributed by atoms with Gasteiger partial charge in [0.15, 0.2) is 0 Å². The SMILES string of the molecule is Cc1nccc(CNc2cccc3cn[nH]c23)n1. The summed E-state index contributed by atoms with van der Waals surface area (Å²) < 4.78 is 0. The van der Waals surface area contributed by atoms with Crippen molar-refractivity contribution in [1.82, 2.24) is 20.2 Å². The lowest BCUT2D eigenvalue weighted by Crippen LogP contribution is -2.03. The number of benzene rings is 1. The molecule has 0 amide bonds. The van der Waals surface area contributed by atoms with Crippen molar-refractivity contribution in [1.29, 1.82) is 0 Å². The van der Waals surface area contributed by atoms with Crippen LogP contribution in [0, 0.1) is 6.92 Å². The highest BCUT2D eigenvalue weighted by molar-refractivity contribution is 5.89.